The molecule has 0 saturated heterocycles. The standard InChI is InChI=1S/C20H24FN5O.2ClH/c21-15-6-3-13(4-7-15)14-5-8-17-18(10-14)26-19(25-17)11-20(27)24-12-16(23)2-1-9-22;;/h3-8,10,16H,1-2,9,11-12,22-23H2,(H,24,27)(H,25,26);2*1H/t16-;;/m0../s1. The summed E-state index contributed by atoms with van der Waals surface area (Å²) < 4.78 is 13.1. The van der Waals surface area contributed by atoms with Crippen LogP contribution in [0.25, 0.3) is 22.2 Å². The summed E-state index contributed by atoms with van der Waals surface area (Å²) in [6, 6.07) is 12.4. The van der Waals surface area contributed by atoms with Crippen molar-refractivity contribution in [3.05, 3.63) is 54.1 Å². The lowest BCUT2D eigenvalue weighted by Gasteiger charge is -2.08. The van der Waals surface area contributed by atoms with E-state index in [1.807, 2.05) is 18.2 Å². The average molecular weight is 442 g/mol. The molecule has 3 rings (SSSR count). The van der Waals surface area contributed by atoms with E-state index in [-0.39, 0.29) is 49.0 Å². The number of H-pyrrole nitrogens is 1. The Labute approximate surface area is 181 Å². The molecule has 0 radical (unpaired) electrons. The van der Waals surface area contributed by atoms with Gasteiger partial charge < -0.3 is 46.6 Å². The van der Waals surface area contributed by atoms with E-state index in [1.54, 1.807) is 12.1 Å². The zero-order valence-corrected chi connectivity index (χ0v) is 17.6. The van der Waals surface area contributed by atoms with Crippen LogP contribution < -0.4 is 41.6 Å². The van der Waals surface area contributed by atoms with Gasteiger partial charge in [0.15, 0.2) is 0 Å². The van der Waals surface area contributed by atoms with Crippen LogP contribution in [0.2, 0.25) is 0 Å². The number of amides is 1. The highest BCUT2D eigenvalue weighted by Crippen LogP contribution is 2.23. The summed E-state index contributed by atoms with van der Waals surface area (Å²) in [7, 11) is 0. The number of imidazole rings is 1. The van der Waals surface area contributed by atoms with Crippen LogP contribution in [-0.2, 0) is 11.2 Å². The number of carbonyl (C=O) groups is 1. The number of halogens is 3. The molecular formula is C20H26Cl2FN5O. The van der Waals surface area contributed by atoms with Crippen LogP contribution in [0.3, 0.4) is 0 Å². The van der Waals surface area contributed by atoms with E-state index in [0.29, 0.717) is 12.4 Å². The number of rotatable bonds is 8. The molecule has 1 aromatic heterocycles. The molecule has 0 fully saturated rings. The molecule has 1 amide bonds. The van der Waals surface area contributed by atoms with Crippen molar-refractivity contribution in [3.63, 3.8) is 0 Å². The molecule has 1 atom stereocenters. The third-order valence-corrected chi connectivity index (χ3v) is 4.49. The summed E-state index contributed by atoms with van der Waals surface area (Å²) in [4.78, 5) is 19.8. The highest BCUT2D eigenvalue weighted by atomic mass is 35.5. The molecule has 0 bridgehead atoms. The van der Waals surface area contributed by atoms with Crippen molar-refractivity contribution < 1.29 is 45.5 Å². The molecule has 29 heavy (non-hydrogen) atoms. The van der Waals surface area contributed by atoms with Crippen LogP contribution in [0.1, 0.15) is 18.7 Å². The minimum absolute atomic E-state index is 0. The van der Waals surface area contributed by atoms with Gasteiger partial charge in [-0.15, -0.1) is 0 Å². The van der Waals surface area contributed by atoms with E-state index < -0.39 is 0 Å². The van der Waals surface area contributed by atoms with Crippen molar-refractivity contribution in [2.75, 3.05) is 13.1 Å². The minimum atomic E-state index is -0.259. The molecule has 158 valence electrons. The second-order valence-electron chi connectivity index (χ2n) is 6.76. The van der Waals surface area contributed by atoms with Gasteiger partial charge in [0.25, 0.3) is 0 Å². The van der Waals surface area contributed by atoms with Gasteiger partial charge in [0.2, 0.25) is 5.91 Å². The second kappa shape index (κ2) is 11.7. The van der Waals surface area contributed by atoms with E-state index in [9.17, 15) is 9.18 Å². The van der Waals surface area contributed by atoms with E-state index in [0.717, 1.165) is 41.5 Å². The third-order valence-electron chi connectivity index (χ3n) is 4.49. The quantitative estimate of drug-likeness (QED) is 0.279. The first-order chi connectivity index (χ1) is 13.0. The Morgan fingerprint density at radius 2 is 1.83 bits per heavy atom. The number of nitrogens with zero attached hydrogens (tertiary/aromatic N) is 1. The summed E-state index contributed by atoms with van der Waals surface area (Å²) in [5.74, 6) is 0.291. The molecule has 1 heterocycles. The highest BCUT2D eigenvalue weighted by Gasteiger charge is 2.12. The monoisotopic (exact) mass is 441 g/mol. The topological polar surface area (TPSA) is 113 Å². The Morgan fingerprint density at radius 1 is 1.14 bits per heavy atom. The van der Waals surface area contributed by atoms with E-state index in [1.165, 1.54) is 12.1 Å². The number of aromatic amines is 1. The second-order valence-corrected chi connectivity index (χ2v) is 6.76. The molecule has 3 aromatic rings. The molecule has 9 heteroatoms. The SMILES string of the molecule is [Cl-].[Cl-].[NH3+]CCC[C@H]([NH3+])CNC(=O)Cc1nc2ccc(-c3ccc(F)cc3)cc2[nH]1. The normalized spacial score (nSPS) is 11.4. The Bertz CT molecular complexity index is 917. The van der Waals surface area contributed by atoms with Crippen LogP contribution in [0.4, 0.5) is 4.39 Å². The fourth-order valence-electron chi connectivity index (χ4n) is 2.98. The van der Waals surface area contributed by atoms with Crippen LogP contribution >= 0.6 is 0 Å². The molecule has 0 spiro atoms. The zero-order valence-electron chi connectivity index (χ0n) is 16.1. The molecule has 0 aliphatic rings. The zero-order chi connectivity index (χ0) is 19.2. The maximum atomic E-state index is 13.1. The van der Waals surface area contributed by atoms with E-state index >= 15 is 0 Å². The van der Waals surface area contributed by atoms with Crippen molar-refractivity contribution in [2.45, 2.75) is 25.3 Å². The molecular weight excluding hydrogens is 416 g/mol. The van der Waals surface area contributed by atoms with Crippen LogP contribution in [0.15, 0.2) is 42.5 Å². The van der Waals surface area contributed by atoms with Crippen molar-refractivity contribution >= 4 is 16.9 Å². The van der Waals surface area contributed by atoms with Gasteiger partial charge in [0.05, 0.1) is 30.5 Å². The van der Waals surface area contributed by atoms with Gasteiger partial charge >= 0.3 is 0 Å². The van der Waals surface area contributed by atoms with Gasteiger partial charge in [-0.2, -0.15) is 0 Å². The molecule has 8 N–H and O–H groups in total. The number of carbonyl (C=O) groups excluding carboxylic acids is 1. The maximum absolute atomic E-state index is 13.1. The van der Waals surface area contributed by atoms with Crippen molar-refractivity contribution in [3.8, 4) is 11.1 Å². The predicted molar refractivity (Wildman–Crippen MR) is 102 cm³/mol. The van der Waals surface area contributed by atoms with Crippen molar-refractivity contribution in [1.82, 2.24) is 15.3 Å². The van der Waals surface area contributed by atoms with Crippen molar-refractivity contribution in [1.29, 1.82) is 0 Å². The lowest BCUT2D eigenvalue weighted by atomic mass is 10.1. The lowest BCUT2D eigenvalue weighted by Crippen LogP contribution is -3.00. The van der Waals surface area contributed by atoms with Crippen molar-refractivity contribution in [2.24, 2.45) is 0 Å². The summed E-state index contributed by atoms with van der Waals surface area (Å²) >= 11 is 0. The summed E-state index contributed by atoms with van der Waals surface area (Å²) in [5, 5.41) is 2.91. The van der Waals surface area contributed by atoms with Gasteiger partial charge in [0, 0.05) is 12.8 Å². The molecule has 0 unspecified atom stereocenters. The average Bonchev–Trinajstić information content (AvgIpc) is 3.06. The molecule has 0 aliphatic carbocycles. The highest BCUT2D eigenvalue weighted by molar-refractivity contribution is 5.83. The summed E-state index contributed by atoms with van der Waals surface area (Å²) in [6.45, 7) is 1.45. The Morgan fingerprint density at radius 3 is 2.52 bits per heavy atom. The Balaban J connectivity index is 0.00000210. The fraction of sp³-hybridized carbons (Fsp3) is 0.300. The van der Waals surface area contributed by atoms with Gasteiger partial charge in [0.1, 0.15) is 17.7 Å². The largest absolute Gasteiger partial charge is 1.00 e. The minimum Gasteiger partial charge on any atom is -1.00 e. The lowest BCUT2D eigenvalue weighted by molar-refractivity contribution is -0.423. The van der Waals surface area contributed by atoms with Gasteiger partial charge in [-0.25, -0.2) is 9.37 Å². The smallest absolute Gasteiger partial charge is 0.227 e. The predicted octanol–water partition coefficient (Wildman–Crippen LogP) is -5.33. The number of hydrogen-bond acceptors (Lipinski definition) is 2. The van der Waals surface area contributed by atoms with Crippen LogP contribution in [-0.4, -0.2) is 35.0 Å². The Kier molecular flexibility index (Phi) is 10.0. The number of aromatic nitrogens is 2. The molecule has 0 aliphatic heterocycles. The van der Waals surface area contributed by atoms with E-state index in [4.69, 9.17) is 0 Å². The maximum Gasteiger partial charge on any atom is 0.227 e. The molecule has 0 saturated carbocycles. The van der Waals surface area contributed by atoms with Crippen LogP contribution in [0, 0.1) is 5.82 Å². The number of quaternary nitrogens is 2. The summed E-state index contributed by atoms with van der Waals surface area (Å²) in [6.07, 6.45) is 2.17. The number of fused-ring (bicyclic) bond motifs is 1. The first-order valence-corrected chi connectivity index (χ1v) is 9.19. The first-order valence-electron chi connectivity index (χ1n) is 9.19. The molecule has 2 aromatic carbocycles. The third kappa shape index (κ3) is 6.97. The number of benzene rings is 2. The summed E-state index contributed by atoms with van der Waals surface area (Å²) in [5.41, 5.74) is 11.4. The molecule has 6 nitrogen and oxygen atoms in total. The first kappa shape index (κ1) is 24.8. The van der Waals surface area contributed by atoms with Gasteiger partial charge in [-0.3, -0.25) is 4.79 Å². The van der Waals surface area contributed by atoms with Gasteiger partial charge in [-0.1, -0.05) is 18.2 Å². The van der Waals surface area contributed by atoms with Gasteiger partial charge in [-0.05, 0) is 35.4 Å². The fourth-order valence-corrected chi connectivity index (χ4v) is 2.98. The Hall–Kier alpha value is -2.19. The number of nitrogens with one attached hydrogen (secondary N) is 2. The van der Waals surface area contributed by atoms with Crippen LogP contribution in [0.5, 0.6) is 0 Å². The van der Waals surface area contributed by atoms with E-state index in [2.05, 4.69) is 26.8 Å². The number of hydrogen-bond donors (Lipinski definition) is 4.